The fraction of sp³-hybridized carbons (Fsp3) is 0.750. The molecule has 0 radical (unpaired) electrons. The van der Waals surface area contributed by atoms with Crippen molar-refractivity contribution >= 4 is 12.1 Å². The third kappa shape index (κ3) is 4.15. The molecular weight excluding hydrogens is 282 g/mol. The second-order valence-corrected chi connectivity index (χ2v) is 7.71. The van der Waals surface area contributed by atoms with Crippen molar-refractivity contribution in [3.63, 3.8) is 0 Å². The van der Waals surface area contributed by atoms with Crippen LogP contribution < -0.4 is 4.90 Å². The summed E-state index contributed by atoms with van der Waals surface area (Å²) in [5.74, 6) is 0.872. The molecule has 22 heavy (non-hydrogen) atoms. The van der Waals surface area contributed by atoms with Crippen LogP contribution in [0.3, 0.4) is 0 Å². The van der Waals surface area contributed by atoms with Gasteiger partial charge in [0.25, 0.3) is 6.01 Å². The molecule has 1 aromatic rings. The van der Waals surface area contributed by atoms with Gasteiger partial charge in [-0.1, -0.05) is 20.8 Å². The molecule has 0 aliphatic carbocycles. The molecule has 0 bridgehead atoms. The predicted molar refractivity (Wildman–Crippen MR) is 85.2 cm³/mol. The van der Waals surface area contributed by atoms with E-state index < -0.39 is 5.60 Å². The summed E-state index contributed by atoms with van der Waals surface area (Å²) in [6, 6.07) is 0.633. The fourth-order valence-corrected chi connectivity index (χ4v) is 2.16. The lowest BCUT2D eigenvalue weighted by atomic mass is 9.94. The minimum atomic E-state index is -0.460. The van der Waals surface area contributed by atoms with Crippen LogP contribution in [0.1, 0.15) is 47.3 Å². The van der Waals surface area contributed by atoms with Gasteiger partial charge in [-0.15, -0.1) is 0 Å². The van der Waals surface area contributed by atoms with Crippen molar-refractivity contribution in [2.45, 2.75) is 52.6 Å². The summed E-state index contributed by atoms with van der Waals surface area (Å²) < 4.78 is 11.2. The van der Waals surface area contributed by atoms with Gasteiger partial charge < -0.3 is 19.0 Å². The molecule has 0 N–H and O–H groups in total. The Labute approximate surface area is 132 Å². The molecule has 1 aliphatic rings. The maximum absolute atomic E-state index is 12.0. The van der Waals surface area contributed by atoms with E-state index in [9.17, 15) is 4.79 Å². The largest absolute Gasteiger partial charge is 0.444 e. The maximum atomic E-state index is 12.0. The lowest BCUT2D eigenvalue weighted by molar-refractivity contribution is 0.0239. The molecule has 1 aliphatic heterocycles. The molecule has 1 saturated heterocycles. The van der Waals surface area contributed by atoms with Crippen molar-refractivity contribution in [3.05, 3.63) is 12.0 Å². The highest BCUT2D eigenvalue weighted by atomic mass is 16.6. The third-order valence-corrected chi connectivity index (χ3v) is 3.43. The Kier molecular flexibility index (Phi) is 4.40. The molecule has 2 rings (SSSR count). The first-order valence-electron chi connectivity index (χ1n) is 7.75. The van der Waals surface area contributed by atoms with Crippen molar-refractivity contribution in [2.24, 2.45) is 0 Å². The normalized spacial score (nSPS) is 16.8. The van der Waals surface area contributed by atoms with Gasteiger partial charge in [-0.2, -0.15) is 0 Å². The van der Waals surface area contributed by atoms with Crippen LogP contribution in [0, 0.1) is 0 Å². The number of ether oxygens (including phenoxy) is 1. The Hall–Kier alpha value is -1.72. The summed E-state index contributed by atoms with van der Waals surface area (Å²) in [7, 11) is 0. The Bertz CT molecular complexity index is 517. The summed E-state index contributed by atoms with van der Waals surface area (Å²) >= 11 is 0. The molecule has 0 spiro atoms. The van der Waals surface area contributed by atoms with E-state index in [0.717, 1.165) is 5.76 Å². The molecule has 1 amide bonds. The molecule has 124 valence electrons. The van der Waals surface area contributed by atoms with Crippen LogP contribution in [0.25, 0.3) is 0 Å². The maximum Gasteiger partial charge on any atom is 0.410 e. The lowest BCUT2D eigenvalue weighted by Gasteiger charge is -2.34. The van der Waals surface area contributed by atoms with Crippen LogP contribution >= 0.6 is 0 Å². The van der Waals surface area contributed by atoms with E-state index in [1.54, 1.807) is 11.1 Å². The minimum Gasteiger partial charge on any atom is -0.444 e. The molecule has 1 aromatic heterocycles. The van der Waals surface area contributed by atoms with Gasteiger partial charge >= 0.3 is 6.09 Å². The highest BCUT2D eigenvalue weighted by Crippen LogP contribution is 2.26. The Morgan fingerprint density at radius 1 is 1.14 bits per heavy atom. The minimum absolute atomic E-state index is 0.0520. The average molecular weight is 309 g/mol. The van der Waals surface area contributed by atoms with Crippen molar-refractivity contribution in [1.29, 1.82) is 0 Å². The van der Waals surface area contributed by atoms with E-state index in [4.69, 9.17) is 9.15 Å². The molecule has 1 fully saturated rings. The van der Waals surface area contributed by atoms with Gasteiger partial charge in [0.05, 0.1) is 6.20 Å². The van der Waals surface area contributed by atoms with Gasteiger partial charge in [-0.05, 0) is 20.8 Å². The number of hydrogen-bond acceptors (Lipinski definition) is 5. The molecular formula is C16H27N3O3. The number of piperazine rings is 1. The molecule has 0 atom stereocenters. The van der Waals surface area contributed by atoms with Crippen molar-refractivity contribution in [3.8, 4) is 0 Å². The van der Waals surface area contributed by atoms with Crippen molar-refractivity contribution < 1.29 is 13.9 Å². The number of hydrogen-bond donors (Lipinski definition) is 0. The zero-order valence-corrected chi connectivity index (χ0v) is 14.5. The zero-order chi connectivity index (χ0) is 16.5. The average Bonchev–Trinajstić information content (AvgIpc) is 2.86. The van der Waals surface area contributed by atoms with E-state index >= 15 is 0 Å². The summed E-state index contributed by atoms with van der Waals surface area (Å²) in [5.41, 5.74) is -0.512. The number of carbonyl (C=O) groups is 1. The van der Waals surface area contributed by atoms with Crippen LogP contribution in [-0.4, -0.2) is 47.8 Å². The second kappa shape index (κ2) is 5.82. The van der Waals surface area contributed by atoms with Crippen LogP contribution in [0.2, 0.25) is 0 Å². The number of carbonyl (C=O) groups excluding carboxylic acids is 1. The molecule has 2 heterocycles. The van der Waals surface area contributed by atoms with E-state index in [1.165, 1.54) is 0 Å². The second-order valence-electron chi connectivity index (χ2n) is 7.71. The molecule has 0 aromatic carbocycles. The highest BCUT2D eigenvalue weighted by Gasteiger charge is 2.28. The number of rotatable bonds is 1. The predicted octanol–water partition coefficient (Wildman–Crippen LogP) is 3.03. The van der Waals surface area contributed by atoms with E-state index in [0.29, 0.717) is 32.2 Å². The van der Waals surface area contributed by atoms with Crippen LogP contribution in [0.5, 0.6) is 0 Å². The lowest BCUT2D eigenvalue weighted by Crippen LogP contribution is -2.50. The Morgan fingerprint density at radius 2 is 1.73 bits per heavy atom. The molecule has 0 unspecified atom stereocenters. The standard InChI is InChI=1S/C16H27N3O3/c1-15(2,3)12-11-17-13(21-12)18-7-9-19(10-8-18)14(20)22-16(4,5)6/h11H,7-10H2,1-6H3. The Morgan fingerprint density at radius 3 is 2.18 bits per heavy atom. The number of nitrogens with zero attached hydrogens (tertiary/aromatic N) is 3. The van der Waals surface area contributed by atoms with E-state index in [1.807, 2.05) is 20.8 Å². The van der Waals surface area contributed by atoms with Gasteiger partial charge in [-0.3, -0.25) is 0 Å². The number of amides is 1. The first kappa shape index (κ1) is 16.6. The number of aromatic nitrogens is 1. The zero-order valence-electron chi connectivity index (χ0n) is 14.5. The van der Waals surface area contributed by atoms with Crippen LogP contribution in [0.4, 0.5) is 10.8 Å². The monoisotopic (exact) mass is 309 g/mol. The quantitative estimate of drug-likeness (QED) is 0.798. The molecule has 6 nitrogen and oxygen atoms in total. The Balaban J connectivity index is 1.92. The van der Waals surface area contributed by atoms with Gasteiger partial charge in [0.1, 0.15) is 11.4 Å². The smallest absolute Gasteiger partial charge is 0.410 e. The highest BCUT2D eigenvalue weighted by molar-refractivity contribution is 5.68. The fourth-order valence-electron chi connectivity index (χ4n) is 2.16. The summed E-state index contributed by atoms with van der Waals surface area (Å²) in [6.45, 7) is 14.5. The van der Waals surface area contributed by atoms with Crippen molar-refractivity contribution in [2.75, 3.05) is 31.1 Å². The summed E-state index contributed by atoms with van der Waals surface area (Å²) in [6.07, 6.45) is 1.53. The van der Waals surface area contributed by atoms with Gasteiger partial charge in [0.15, 0.2) is 0 Å². The van der Waals surface area contributed by atoms with Crippen LogP contribution in [0.15, 0.2) is 10.6 Å². The topological polar surface area (TPSA) is 58.8 Å². The van der Waals surface area contributed by atoms with Gasteiger partial charge in [0, 0.05) is 31.6 Å². The summed E-state index contributed by atoms with van der Waals surface area (Å²) in [5, 5.41) is 0. The summed E-state index contributed by atoms with van der Waals surface area (Å²) in [4.78, 5) is 20.2. The van der Waals surface area contributed by atoms with Crippen molar-refractivity contribution in [1.82, 2.24) is 9.88 Å². The third-order valence-electron chi connectivity index (χ3n) is 3.43. The first-order chi connectivity index (χ1) is 10.1. The number of oxazole rings is 1. The SMILES string of the molecule is CC(C)(C)OC(=O)N1CCN(c2ncc(C(C)(C)C)o2)CC1. The van der Waals surface area contributed by atoms with Gasteiger partial charge in [0.2, 0.25) is 0 Å². The van der Waals surface area contributed by atoms with E-state index in [2.05, 4.69) is 30.7 Å². The molecule has 6 heteroatoms. The van der Waals surface area contributed by atoms with Crippen LogP contribution in [-0.2, 0) is 10.2 Å². The van der Waals surface area contributed by atoms with E-state index in [-0.39, 0.29) is 11.5 Å². The number of anilines is 1. The first-order valence-corrected chi connectivity index (χ1v) is 7.75. The van der Waals surface area contributed by atoms with Gasteiger partial charge in [-0.25, -0.2) is 9.78 Å². The molecule has 0 saturated carbocycles.